The first-order valence-electron chi connectivity index (χ1n) is 4.15. The molecule has 0 saturated carbocycles. The first-order valence-corrected chi connectivity index (χ1v) is 4.91. The summed E-state index contributed by atoms with van der Waals surface area (Å²) < 4.78 is 5.20. The molecule has 2 aliphatic rings. The summed E-state index contributed by atoms with van der Waals surface area (Å²) in [5.41, 5.74) is 0.780. The fourth-order valence-electron chi connectivity index (χ4n) is 1.72. The molecule has 0 spiro atoms. The van der Waals surface area contributed by atoms with Gasteiger partial charge in [-0.1, -0.05) is 11.6 Å². The number of hydrogen-bond donors (Lipinski definition) is 1. The molecule has 1 N–H and O–H groups in total. The van der Waals surface area contributed by atoms with Crippen LogP contribution in [-0.4, -0.2) is 11.0 Å². The maximum Gasteiger partial charge on any atom is 0.251 e. The van der Waals surface area contributed by atoms with E-state index in [1.165, 1.54) is 6.26 Å². The van der Waals surface area contributed by atoms with Crippen molar-refractivity contribution in [2.24, 2.45) is 5.92 Å². The predicted molar refractivity (Wildman–Crippen MR) is 53.4 cm³/mol. The normalized spacial score (nSPS) is 25.7. The van der Waals surface area contributed by atoms with E-state index in [2.05, 4.69) is 0 Å². The summed E-state index contributed by atoms with van der Waals surface area (Å²) in [5.74, 6) is 0.310. The lowest BCUT2D eigenvalue weighted by Gasteiger charge is -2.19. The zero-order chi connectivity index (χ0) is 10.3. The Kier molecular flexibility index (Phi) is 2.37. The Labute approximate surface area is 90.8 Å². The van der Waals surface area contributed by atoms with E-state index >= 15 is 0 Å². The summed E-state index contributed by atoms with van der Waals surface area (Å²) in [5, 5.41) is 7.48. The average molecular weight is 232 g/mol. The fraction of sp³-hybridized carbons (Fsp3) is 0.333. The number of carbonyl (C=O) groups excluding carboxylic acids is 1. The SMILES string of the molecule is N=C1C(Cl)=COC2=C(C(=O)Cl)CCC12. The molecule has 5 heteroatoms. The standard InChI is InChI=1S/C9H7Cl2NO2/c10-6-3-14-8-4(7(6)12)1-2-5(8)9(11)13/h3-4,12H,1-2H2. The Morgan fingerprint density at radius 2 is 2.36 bits per heavy atom. The minimum atomic E-state index is -0.498. The monoisotopic (exact) mass is 231 g/mol. The number of carbonyl (C=O) groups is 1. The lowest BCUT2D eigenvalue weighted by molar-refractivity contribution is -0.108. The van der Waals surface area contributed by atoms with Crippen molar-refractivity contribution in [2.45, 2.75) is 12.8 Å². The van der Waals surface area contributed by atoms with Gasteiger partial charge in [-0.25, -0.2) is 0 Å². The van der Waals surface area contributed by atoms with E-state index in [0.29, 0.717) is 34.9 Å². The van der Waals surface area contributed by atoms with Crippen molar-refractivity contribution in [1.82, 2.24) is 0 Å². The maximum absolute atomic E-state index is 11.0. The van der Waals surface area contributed by atoms with Crippen LogP contribution in [0, 0.1) is 11.3 Å². The largest absolute Gasteiger partial charge is 0.467 e. The lowest BCUT2D eigenvalue weighted by atomic mass is 10.00. The summed E-state index contributed by atoms with van der Waals surface area (Å²) in [6.45, 7) is 0. The van der Waals surface area contributed by atoms with Gasteiger partial charge in [-0.2, -0.15) is 0 Å². The Morgan fingerprint density at radius 1 is 1.64 bits per heavy atom. The van der Waals surface area contributed by atoms with Crippen molar-refractivity contribution in [3.05, 3.63) is 22.6 Å². The minimum Gasteiger partial charge on any atom is -0.467 e. The summed E-state index contributed by atoms with van der Waals surface area (Å²) in [4.78, 5) is 11.0. The molecule has 3 nitrogen and oxygen atoms in total. The smallest absolute Gasteiger partial charge is 0.251 e. The topological polar surface area (TPSA) is 50.1 Å². The molecule has 0 amide bonds. The van der Waals surface area contributed by atoms with Gasteiger partial charge in [0.1, 0.15) is 12.0 Å². The van der Waals surface area contributed by atoms with Crippen LogP contribution in [0.2, 0.25) is 0 Å². The Morgan fingerprint density at radius 3 is 3.00 bits per heavy atom. The second-order valence-corrected chi connectivity index (χ2v) is 3.96. The van der Waals surface area contributed by atoms with Gasteiger partial charge in [0.05, 0.1) is 22.2 Å². The van der Waals surface area contributed by atoms with E-state index in [4.69, 9.17) is 33.3 Å². The van der Waals surface area contributed by atoms with Crippen molar-refractivity contribution >= 4 is 34.2 Å². The highest BCUT2D eigenvalue weighted by Gasteiger charge is 2.36. The molecule has 1 aliphatic heterocycles. The molecule has 1 aliphatic carbocycles. The quantitative estimate of drug-likeness (QED) is 0.706. The average Bonchev–Trinajstić information content (AvgIpc) is 2.55. The molecule has 0 radical (unpaired) electrons. The third-order valence-corrected chi connectivity index (χ3v) is 2.95. The van der Waals surface area contributed by atoms with Crippen LogP contribution in [0.5, 0.6) is 0 Å². The van der Waals surface area contributed by atoms with Crippen LogP contribution in [0.3, 0.4) is 0 Å². The van der Waals surface area contributed by atoms with Gasteiger partial charge in [-0.3, -0.25) is 4.79 Å². The molecule has 14 heavy (non-hydrogen) atoms. The van der Waals surface area contributed by atoms with E-state index in [-0.39, 0.29) is 5.92 Å². The number of nitrogens with one attached hydrogen (secondary N) is 1. The molecule has 1 unspecified atom stereocenters. The number of fused-ring (bicyclic) bond motifs is 1. The predicted octanol–water partition coefficient (Wildman–Crippen LogP) is 2.55. The molecule has 74 valence electrons. The maximum atomic E-state index is 11.0. The number of rotatable bonds is 1. The van der Waals surface area contributed by atoms with E-state index in [0.717, 1.165) is 0 Å². The van der Waals surface area contributed by atoms with Gasteiger partial charge in [0.2, 0.25) is 0 Å². The van der Waals surface area contributed by atoms with Crippen LogP contribution in [0.15, 0.2) is 22.6 Å². The summed E-state index contributed by atoms with van der Waals surface area (Å²) in [6.07, 6.45) is 2.51. The number of hydrogen-bond acceptors (Lipinski definition) is 3. The number of allylic oxidation sites excluding steroid dienone is 3. The second-order valence-electron chi connectivity index (χ2n) is 3.21. The zero-order valence-corrected chi connectivity index (χ0v) is 8.65. The van der Waals surface area contributed by atoms with Crippen LogP contribution in [0.4, 0.5) is 0 Å². The van der Waals surface area contributed by atoms with Gasteiger partial charge in [-0.15, -0.1) is 0 Å². The van der Waals surface area contributed by atoms with Gasteiger partial charge < -0.3 is 10.1 Å². The molecule has 0 saturated heterocycles. The summed E-state index contributed by atoms with van der Waals surface area (Å²) >= 11 is 11.1. The molecule has 1 atom stereocenters. The molecule has 0 aromatic carbocycles. The highest BCUT2D eigenvalue weighted by atomic mass is 35.5. The van der Waals surface area contributed by atoms with Crippen molar-refractivity contribution < 1.29 is 9.53 Å². The van der Waals surface area contributed by atoms with Crippen molar-refractivity contribution in [2.75, 3.05) is 0 Å². The molecule has 0 aromatic rings. The Balaban J connectivity index is 2.42. The number of ether oxygens (including phenoxy) is 1. The van der Waals surface area contributed by atoms with Crippen molar-refractivity contribution in [3.63, 3.8) is 0 Å². The fourth-order valence-corrected chi connectivity index (χ4v) is 2.09. The molecule has 1 heterocycles. The van der Waals surface area contributed by atoms with Gasteiger partial charge >= 0.3 is 0 Å². The summed E-state index contributed by atoms with van der Waals surface area (Å²) in [7, 11) is 0. The summed E-state index contributed by atoms with van der Waals surface area (Å²) in [6, 6.07) is 0. The second kappa shape index (κ2) is 3.41. The van der Waals surface area contributed by atoms with Crippen LogP contribution in [-0.2, 0) is 9.53 Å². The van der Waals surface area contributed by atoms with E-state index in [1.54, 1.807) is 0 Å². The number of halogens is 2. The van der Waals surface area contributed by atoms with Crippen molar-refractivity contribution in [1.29, 1.82) is 5.41 Å². The Hall–Kier alpha value is -0.800. The lowest BCUT2D eigenvalue weighted by Crippen LogP contribution is -2.19. The van der Waals surface area contributed by atoms with Crippen LogP contribution < -0.4 is 0 Å². The first-order chi connectivity index (χ1) is 6.61. The van der Waals surface area contributed by atoms with Gasteiger partial charge in [0.25, 0.3) is 5.24 Å². The van der Waals surface area contributed by atoms with Crippen LogP contribution in [0.25, 0.3) is 0 Å². The van der Waals surface area contributed by atoms with E-state index in [1.807, 2.05) is 0 Å². The molecule has 0 bridgehead atoms. The molecule has 0 fully saturated rings. The van der Waals surface area contributed by atoms with Crippen LogP contribution >= 0.6 is 23.2 Å². The van der Waals surface area contributed by atoms with Crippen molar-refractivity contribution in [3.8, 4) is 0 Å². The van der Waals surface area contributed by atoms with Gasteiger partial charge in [0, 0.05) is 0 Å². The first kappa shape index (κ1) is 9.74. The molecular weight excluding hydrogens is 225 g/mol. The zero-order valence-electron chi connectivity index (χ0n) is 7.14. The van der Waals surface area contributed by atoms with Gasteiger partial charge in [0.15, 0.2) is 0 Å². The molecule has 0 aromatic heterocycles. The third-order valence-electron chi connectivity index (χ3n) is 2.43. The van der Waals surface area contributed by atoms with Gasteiger partial charge in [-0.05, 0) is 24.4 Å². The van der Waals surface area contributed by atoms with E-state index < -0.39 is 5.24 Å². The minimum absolute atomic E-state index is 0.190. The van der Waals surface area contributed by atoms with Crippen LogP contribution in [0.1, 0.15) is 12.8 Å². The molecule has 2 rings (SSSR count). The highest BCUT2D eigenvalue weighted by Crippen LogP contribution is 2.39. The molecular formula is C9H7Cl2NO2. The Bertz CT molecular complexity index is 384. The highest BCUT2D eigenvalue weighted by molar-refractivity contribution is 6.67. The third kappa shape index (κ3) is 1.37. The van der Waals surface area contributed by atoms with E-state index in [9.17, 15) is 4.79 Å².